The molecule has 1 aliphatic heterocycles. The van der Waals surface area contributed by atoms with Gasteiger partial charge < -0.3 is 29.7 Å². The molecule has 2 atom stereocenters. The maximum atomic E-state index is 13.9. The van der Waals surface area contributed by atoms with Crippen LogP contribution >= 0.6 is 23.2 Å². The first-order chi connectivity index (χ1) is 20.0. The van der Waals surface area contributed by atoms with Crippen LogP contribution in [0.5, 0.6) is 11.5 Å². The lowest BCUT2D eigenvalue weighted by atomic mass is 10.0. The van der Waals surface area contributed by atoms with Gasteiger partial charge in [0.2, 0.25) is 0 Å². The van der Waals surface area contributed by atoms with Crippen LogP contribution < -0.4 is 14.8 Å². The van der Waals surface area contributed by atoms with E-state index in [9.17, 15) is 28.7 Å². The molecule has 13 heteroatoms. The fourth-order valence-corrected chi connectivity index (χ4v) is 4.93. The summed E-state index contributed by atoms with van der Waals surface area (Å²) in [6.45, 7) is -0.0329. The monoisotopic (exact) mass is 617 g/mol. The first kappa shape index (κ1) is 30.6. The van der Waals surface area contributed by atoms with Gasteiger partial charge in [-0.2, -0.15) is 0 Å². The van der Waals surface area contributed by atoms with E-state index in [1.54, 1.807) is 0 Å². The molecule has 2 unspecified atom stereocenters. The van der Waals surface area contributed by atoms with Gasteiger partial charge in [0.25, 0.3) is 17.7 Å². The lowest BCUT2D eigenvalue weighted by Gasteiger charge is -2.31. The summed E-state index contributed by atoms with van der Waals surface area (Å²) in [5, 5.41) is 12.5. The largest absolute Gasteiger partial charge is 0.493 e. The number of ether oxygens (including phenoxy) is 2. The van der Waals surface area contributed by atoms with Gasteiger partial charge >= 0.3 is 5.97 Å². The molecular formula is C29H26Cl2FN3O7. The number of hydrogen-bond acceptors (Lipinski definition) is 6. The van der Waals surface area contributed by atoms with E-state index in [-0.39, 0.29) is 40.0 Å². The maximum absolute atomic E-state index is 13.9. The Hall–Kier alpha value is -4.35. The molecule has 4 rings (SSSR count). The maximum Gasteiger partial charge on any atom is 0.305 e. The van der Waals surface area contributed by atoms with Gasteiger partial charge in [0.1, 0.15) is 5.82 Å². The summed E-state index contributed by atoms with van der Waals surface area (Å²) < 4.78 is 24.1. The topological polar surface area (TPSA) is 125 Å². The van der Waals surface area contributed by atoms with Crippen LogP contribution in [0.2, 0.25) is 10.0 Å². The van der Waals surface area contributed by atoms with Crippen molar-refractivity contribution in [3.05, 3.63) is 93.2 Å². The number of benzene rings is 3. The van der Waals surface area contributed by atoms with Crippen LogP contribution in [-0.2, 0) is 9.59 Å². The molecule has 220 valence electrons. The van der Waals surface area contributed by atoms with E-state index in [1.807, 2.05) is 0 Å². The number of aliphatic carboxylic acids is 1. The van der Waals surface area contributed by atoms with Crippen molar-refractivity contribution in [1.29, 1.82) is 0 Å². The Balaban J connectivity index is 1.72. The second-order valence-electron chi connectivity index (χ2n) is 9.28. The molecule has 0 saturated carbocycles. The standard InChI is InChI=1S/C29H26Cl2FN3O7/c1-41-23-10-6-18(14-24(23)42-2)29(40)35-12-11-34(28(39)17-5-9-20(30)21(31)13-17)27(35)26(38)33-22(15-25(36)37)16-3-7-19(32)8-4-16/h3-10,13-14,22,27H,11-12,15H2,1-2H3,(H,33,38)(H,36,37). The second kappa shape index (κ2) is 13.1. The van der Waals surface area contributed by atoms with E-state index < -0.39 is 48.1 Å². The molecule has 1 heterocycles. The van der Waals surface area contributed by atoms with Crippen molar-refractivity contribution in [2.75, 3.05) is 27.3 Å². The predicted molar refractivity (Wildman–Crippen MR) is 151 cm³/mol. The van der Waals surface area contributed by atoms with Crippen molar-refractivity contribution < 1.29 is 38.1 Å². The smallest absolute Gasteiger partial charge is 0.305 e. The van der Waals surface area contributed by atoms with Gasteiger partial charge in [-0.25, -0.2) is 4.39 Å². The lowest BCUT2D eigenvalue weighted by molar-refractivity contribution is -0.138. The van der Waals surface area contributed by atoms with Crippen LogP contribution in [-0.4, -0.2) is 72.1 Å². The molecule has 0 bridgehead atoms. The van der Waals surface area contributed by atoms with E-state index in [0.717, 1.165) is 12.1 Å². The summed E-state index contributed by atoms with van der Waals surface area (Å²) >= 11 is 12.1. The molecule has 0 radical (unpaired) electrons. The summed E-state index contributed by atoms with van der Waals surface area (Å²) in [7, 11) is 2.86. The van der Waals surface area contributed by atoms with Crippen molar-refractivity contribution >= 4 is 46.9 Å². The Kier molecular flexibility index (Phi) is 9.54. The third-order valence-electron chi connectivity index (χ3n) is 6.69. The fourth-order valence-electron chi connectivity index (χ4n) is 4.63. The highest BCUT2D eigenvalue weighted by Gasteiger charge is 2.44. The summed E-state index contributed by atoms with van der Waals surface area (Å²) in [5.41, 5.74) is 0.614. The van der Waals surface area contributed by atoms with E-state index >= 15 is 0 Å². The number of methoxy groups -OCH3 is 2. The number of hydrogen-bond donors (Lipinski definition) is 2. The fraction of sp³-hybridized carbons (Fsp3) is 0.241. The first-order valence-electron chi connectivity index (χ1n) is 12.6. The van der Waals surface area contributed by atoms with Crippen LogP contribution in [0, 0.1) is 5.82 Å². The van der Waals surface area contributed by atoms with Gasteiger partial charge in [-0.05, 0) is 54.1 Å². The van der Waals surface area contributed by atoms with Gasteiger partial charge in [0, 0.05) is 24.2 Å². The van der Waals surface area contributed by atoms with Gasteiger partial charge in [0.15, 0.2) is 17.7 Å². The quantitative estimate of drug-likeness (QED) is 0.364. The number of carboxylic acids is 1. The van der Waals surface area contributed by atoms with E-state index in [2.05, 4.69) is 5.32 Å². The van der Waals surface area contributed by atoms with E-state index in [4.69, 9.17) is 32.7 Å². The number of carbonyl (C=O) groups is 4. The molecule has 10 nitrogen and oxygen atoms in total. The molecule has 3 aromatic rings. The molecule has 1 aliphatic rings. The third kappa shape index (κ3) is 6.58. The Labute approximate surface area is 250 Å². The highest BCUT2D eigenvalue weighted by molar-refractivity contribution is 6.42. The Morgan fingerprint density at radius 3 is 2.00 bits per heavy atom. The number of halogens is 3. The van der Waals surface area contributed by atoms with Crippen LogP contribution in [0.1, 0.15) is 38.7 Å². The van der Waals surface area contributed by atoms with Gasteiger partial charge in [0.05, 0.1) is 36.7 Å². The molecule has 2 N–H and O–H groups in total. The molecule has 0 aliphatic carbocycles. The van der Waals surface area contributed by atoms with E-state index in [0.29, 0.717) is 11.3 Å². The molecule has 1 fully saturated rings. The van der Waals surface area contributed by atoms with Gasteiger partial charge in [-0.15, -0.1) is 0 Å². The molecule has 1 saturated heterocycles. The number of nitrogens with one attached hydrogen (secondary N) is 1. The average molecular weight is 618 g/mol. The van der Waals surface area contributed by atoms with E-state index in [1.165, 1.54) is 72.6 Å². The first-order valence-corrected chi connectivity index (χ1v) is 13.4. The van der Waals surface area contributed by atoms with Gasteiger partial charge in [-0.1, -0.05) is 35.3 Å². The number of carbonyl (C=O) groups excluding carboxylic acids is 3. The van der Waals surface area contributed by atoms with Crippen molar-refractivity contribution in [2.45, 2.75) is 18.6 Å². The van der Waals surface area contributed by atoms with Crippen LogP contribution in [0.4, 0.5) is 4.39 Å². The third-order valence-corrected chi connectivity index (χ3v) is 7.43. The zero-order valence-electron chi connectivity index (χ0n) is 22.5. The van der Waals surface area contributed by atoms with Crippen LogP contribution in [0.3, 0.4) is 0 Å². The second-order valence-corrected chi connectivity index (χ2v) is 10.1. The molecule has 0 aromatic heterocycles. The Bertz CT molecular complexity index is 1520. The normalized spacial score (nSPS) is 15.2. The van der Waals surface area contributed by atoms with Crippen LogP contribution in [0.15, 0.2) is 60.7 Å². The van der Waals surface area contributed by atoms with Crippen molar-refractivity contribution in [3.8, 4) is 11.5 Å². The molecule has 42 heavy (non-hydrogen) atoms. The predicted octanol–water partition coefficient (Wildman–Crippen LogP) is 4.41. The van der Waals surface area contributed by atoms with Gasteiger partial charge in [-0.3, -0.25) is 19.2 Å². The Morgan fingerprint density at radius 2 is 1.45 bits per heavy atom. The number of amides is 3. The highest BCUT2D eigenvalue weighted by atomic mass is 35.5. The SMILES string of the molecule is COc1ccc(C(=O)N2CCN(C(=O)c3ccc(Cl)c(Cl)c3)C2C(=O)NC(CC(=O)O)c2ccc(F)cc2)cc1OC. The summed E-state index contributed by atoms with van der Waals surface area (Å²) in [6, 6.07) is 12.6. The summed E-state index contributed by atoms with van der Waals surface area (Å²) in [4.78, 5) is 55.3. The molecule has 0 spiro atoms. The minimum Gasteiger partial charge on any atom is -0.493 e. The van der Waals surface area contributed by atoms with Crippen molar-refractivity contribution in [1.82, 2.24) is 15.1 Å². The minimum absolute atomic E-state index is 0.0154. The molecule has 3 aromatic carbocycles. The zero-order valence-corrected chi connectivity index (χ0v) is 24.0. The van der Waals surface area contributed by atoms with Crippen molar-refractivity contribution in [2.24, 2.45) is 0 Å². The Morgan fingerprint density at radius 1 is 0.881 bits per heavy atom. The summed E-state index contributed by atoms with van der Waals surface area (Å²) in [6.07, 6.45) is -2.00. The molecule has 3 amide bonds. The number of rotatable bonds is 9. The molecular weight excluding hydrogens is 592 g/mol. The zero-order chi connectivity index (χ0) is 30.6. The number of carboxylic acid groups (broad SMARTS) is 1. The lowest BCUT2D eigenvalue weighted by Crippen LogP contribution is -2.54. The number of nitrogens with zero attached hydrogens (tertiary/aromatic N) is 2. The van der Waals surface area contributed by atoms with Crippen LogP contribution in [0.25, 0.3) is 0 Å². The van der Waals surface area contributed by atoms with Crippen molar-refractivity contribution in [3.63, 3.8) is 0 Å². The minimum atomic E-state index is -1.47. The highest BCUT2D eigenvalue weighted by Crippen LogP contribution is 2.30. The summed E-state index contributed by atoms with van der Waals surface area (Å²) in [5.74, 6) is -3.10. The average Bonchev–Trinajstić information content (AvgIpc) is 3.42.